The standard InChI is InChI=1S/C75H146O17P2/c1-9-68(8)54-46-38-33-34-40-48-56-73(78)86-62-71(91-74(79)57-49-41-31-25-21-16-12-10-11-14-18-22-27-35-43-51-65(2)3)64-90-94(83,84)88-60-69(76)59-87-93(81,82)89-63-70(92-75(80)58-50-42-32-26-29-37-45-53-67(6)7)61-85-72(77)55-47-39-30-24-20-17-13-15-19-23-28-36-44-52-66(4)5/h65-71,76H,9-64H2,1-8H3,(H,81,82)(H,83,84)/t68?,69-,70-,71-/m1/s1. The van der Waals surface area contributed by atoms with E-state index in [9.17, 15) is 43.2 Å². The van der Waals surface area contributed by atoms with Gasteiger partial charge in [0.1, 0.15) is 19.3 Å². The van der Waals surface area contributed by atoms with Crippen molar-refractivity contribution in [2.75, 3.05) is 39.6 Å². The smallest absolute Gasteiger partial charge is 0.462 e. The molecule has 6 atom stereocenters. The van der Waals surface area contributed by atoms with Crippen LogP contribution in [0.1, 0.15) is 376 Å². The molecule has 0 bridgehead atoms. The van der Waals surface area contributed by atoms with Crippen LogP contribution in [0.3, 0.4) is 0 Å². The predicted octanol–water partition coefficient (Wildman–Crippen LogP) is 21.7. The maximum Gasteiger partial charge on any atom is 0.472 e. The zero-order valence-corrected chi connectivity index (χ0v) is 63.4. The van der Waals surface area contributed by atoms with Gasteiger partial charge in [0.2, 0.25) is 0 Å². The molecule has 0 aromatic rings. The molecule has 3 unspecified atom stereocenters. The number of ether oxygens (including phenoxy) is 4. The Morgan fingerprint density at radius 1 is 0.298 bits per heavy atom. The van der Waals surface area contributed by atoms with Gasteiger partial charge in [0, 0.05) is 25.7 Å². The summed E-state index contributed by atoms with van der Waals surface area (Å²) in [5.74, 6) is 0.895. The lowest BCUT2D eigenvalue weighted by Gasteiger charge is -2.21. The van der Waals surface area contributed by atoms with Crippen LogP contribution in [0.5, 0.6) is 0 Å². The summed E-state index contributed by atoms with van der Waals surface area (Å²) in [6, 6.07) is 0. The number of phosphoric ester groups is 2. The molecule has 17 nitrogen and oxygen atoms in total. The minimum Gasteiger partial charge on any atom is -0.462 e. The van der Waals surface area contributed by atoms with E-state index in [1.807, 2.05) is 0 Å². The van der Waals surface area contributed by atoms with Gasteiger partial charge in [0.15, 0.2) is 12.2 Å². The Morgan fingerprint density at radius 2 is 0.511 bits per heavy atom. The second-order valence-electron chi connectivity index (χ2n) is 28.7. The topological polar surface area (TPSA) is 237 Å². The average molecular weight is 1380 g/mol. The third-order valence-electron chi connectivity index (χ3n) is 17.7. The fraction of sp³-hybridized carbons (Fsp3) is 0.947. The summed E-state index contributed by atoms with van der Waals surface area (Å²) in [5.41, 5.74) is 0. The predicted molar refractivity (Wildman–Crippen MR) is 381 cm³/mol. The highest BCUT2D eigenvalue weighted by atomic mass is 31.2. The Morgan fingerprint density at radius 3 is 0.755 bits per heavy atom. The van der Waals surface area contributed by atoms with E-state index in [0.717, 1.165) is 114 Å². The van der Waals surface area contributed by atoms with Crippen LogP contribution in [0, 0.1) is 23.7 Å². The maximum absolute atomic E-state index is 13.1. The Bertz CT molecular complexity index is 1850. The third kappa shape index (κ3) is 67.3. The summed E-state index contributed by atoms with van der Waals surface area (Å²) in [6.45, 7) is 14.1. The normalized spacial score (nSPS) is 14.4. The highest BCUT2D eigenvalue weighted by molar-refractivity contribution is 7.47. The summed E-state index contributed by atoms with van der Waals surface area (Å²) >= 11 is 0. The Hall–Kier alpha value is -1.94. The molecule has 0 aromatic heterocycles. The number of aliphatic hydroxyl groups excluding tert-OH is 1. The van der Waals surface area contributed by atoms with Crippen molar-refractivity contribution in [3.8, 4) is 0 Å². The van der Waals surface area contributed by atoms with Crippen LogP contribution in [0.15, 0.2) is 0 Å². The van der Waals surface area contributed by atoms with Crippen LogP contribution in [0.4, 0.5) is 0 Å². The largest absolute Gasteiger partial charge is 0.472 e. The number of rotatable bonds is 72. The molecular weight excluding hydrogens is 1230 g/mol. The van der Waals surface area contributed by atoms with Crippen molar-refractivity contribution in [2.45, 2.75) is 395 Å². The first-order chi connectivity index (χ1) is 45.1. The first-order valence-corrected chi connectivity index (χ1v) is 41.7. The molecule has 0 heterocycles. The molecule has 0 spiro atoms. The van der Waals surface area contributed by atoms with Crippen molar-refractivity contribution in [1.82, 2.24) is 0 Å². The van der Waals surface area contributed by atoms with Crippen molar-refractivity contribution < 1.29 is 80.2 Å². The van der Waals surface area contributed by atoms with Gasteiger partial charge in [0.05, 0.1) is 26.4 Å². The van der Waals surface area contributed by atoms with E-state index in [-0.39, 0.29) is 25.7 Å². The quantitative estimate of drug-likeness (QED) is 0.0222. The number of carbonyl (C=O) groups is 4. The first kappa shape index (κ1) is 92.1. The van der Waals surface area contributed by atoms with Gasteiger partial charge in [-0.3, -0.25) is 37.3 Å². The molecule has 94 heavy (non-hydrogen) atoms. The number of carbonyl (C=O) groups excluding carboxylic acids is 4. The molecule has 19 heteroatoms. The summed E-state index contributed by atoms with van der Waals surface area (Å²) in [6.07, 6.45) is 48.7. The number of hydrogen-bond donors (Lipinski definition) is 3. The van der Waals surface area contributed by atoms with E-state index < -0.39 is 97.5 Å². The molecule has 0 aromatic carbocycles. The zero-order valence-electron chi connectivity index (χ0n) is 61.6. The van der Waals surface area contributed by atoms with Gasteiger partial charge < -0.3 is 33.8 Å². The van der Waals surface area contributed by atoms with Crippen LogP contribution >= 0.6 is 15.6 Å². The molecule has 558 valence electrons. The van der Waals surface area contributed by atoms with Crippen LogP contribution in [-0.2, 0) is 65.4 Å². The molecular formula is C75H146O17P2. The minimum atomic E-state index is -4.96. The van der Waals surface area contributed by atoms with Crippen molar-refractivity contribution in [1.29, 1.82) is 0 Å². The summed E-state index contributed by atoms with van der Waals surface area (Å²) in [5, 5.41) is 10.6. The number of esters is 4. The van der Waals surface area contributed by atoms with Gasteiger partial charge in [-0.25, -0.2) is 9.13 Å². The van der Waals surface area contributed by atoms with Crippen molar-refractivity contribution in [3.63, 3.8) is 0 Å². The fourth-order valence-corrected chi connectivity index (χ4v) is 12.9. The second kappa shape index (κ2) is 64.4. The molecule has 0 aliphatic rings. The van der Waals surface area contributed by atoms with Gasteiger partial charge in [-0.05, 0) is 49.4 Å². The highest BCUT2D eigenvalue weighted by Crippen LogP contribution is 2.45. The number of unbranched alkanes of at least 4 members (excludes halogenated alkanes) is 37. The maximum atomic E-state index is 13.1. The van der Waals surface area contributed by atoms with E-state index in [1.54, 1.807) is 0 Å². The fourth-order valence-electron chi connectivity index (χ4n) is 11.3. The molecule has 0 saturated heterocycles. The van der Waals surface area contributed by atoms with Crippen LogP contribution in [-0.4, -0.2) is 96.7 Å². The van der Waals surface area contributed by atoms with Gasteiger partial charge >= 0.3 is 39.5 Å². The average Bonchev–Trinajstić information content (AvgIpc) is 1.30. The van der Waals surface area contributed by atoms with E-state index in [2.05, 4.69) is 55.4 Å². The lowest BCUT2D eigenvalue weighted by molar-refractivity contribution is -0.161. The molecule has 0 amide bonds. The highest BCUT2D eigenvalue weighted by Gasteiger charge is 2.30. The van der Waals surface area contributed by atoms with Crippen LogP contribution in [0.2, 0.25) is 0 Å². The summed E-state index contributed by atoms with van der Waals surface area (Å²) in [4.78, 5) is 72.7. The second-order valence-corrected chi connectivity index (χ2v) is 31.6. The zero-order chi connectivity index (χ0) is 69.6. The third-order valence-corrected chi connectivity index (χ3v) is 19.6. The number of phosphoric acid groups is 2. The summed E-state index contributed by atoms with van der Waals surface area (Å²) < 4.78 is 68.4. The Labute approximate surface area is 575 Å². The van der Waals surface area contributed by atoms with Gasteiger partial charge in [-0.1, -0.05) is 325 Å². The molecule has 0 saturated carbocycles. The molecule has 0 rings (SSSR count). The van der Waals surface area contributed by atoms with Crippen molar-refractivity contribution in [3.05, 3.63) is 0 Å². The minimum absolute atomic E-state index is 0.103. The molecule has 0 aliphatic carbocycles. The monoisotopic (exact) mass is 1380 g/mol. The van der Waals surface area contributed by atoms with E-state index in [1.165, 1.54) is 173 Å². The Balaban J connectivity index is 5.20. The number of aliphatic hydroxyl groups is 1. The summed E-state index contributed by atoms with van der Waals surface area (Å²) in [7, 11) is -9.91. The Kier molecular flexibility index (Phi) is 63.1. The molecule has 0 fully saturated rings. The molecule has 0 radical (unpaired) electrons. The molecule has 0 aliphatic heterocycles. The lowest BCUT2D eigenvalue weighted by Crippen LogP contribution is -2.30. The van der Waals surface area contributed by atoms with Gasteiger partial charge in [0.25, 0.3) is 0 Å². The molecule has 3 N–H and O–H groups in total. The van der Waals surface area contributed by atoms with E-state index in [4.69, 9.17) is 37.0 Å². The first-order valence-electron chi connectivity index (χ1n) is 38.7. The van der Waals surface area contributed by atoms with Gasteiger partial charge in [-0.2, -0.15) is 0 Å². The van der Waals surface area contributed by atoms with Crippen LogP contribution < -0.4 is 0 Å². The van der Waals surface area contributed by atoms with Gasteiger partial charge in [-0.15, -0.1) is 0 Å². The van der Waals surface area contributed by atoms with Crippen molar-refractivity contribution in [2.24, 2.45) is 23.7 Å². The number of hydrogen-bond acceptors (Lipinski definition) is 15. The van der Waals surface area contributed by atoms with Crippen molar-refractivity contribution >= 4 is 39.5 Å². The SMILES string of the molecule is CCC(C)CCCCCCCCC(=O)OC[C@H](COP(=O)(O)OC[C@H](O)COP(=O)(O)OC[C@@H](COC(=O)CCCCCCCCCCCCCCCC(C)C)OC(=O)CCCCCCCCCC(C)C)OC(=O)CCCCCCCCCCCCCCCCCC(C)C. The lowest BCUT2D eigenvalue weighted by atomic mass is 10.00. The van der Waals surface area contributed by atoms with E-state index in [0.29, 0.717) is 31.6 Å². The van der Waals surface area contributed by atoms with E-state index >= 15 is 0 Å². The van der Waals surface area contributed by atoms with Crippen LogP contribution in [0.25, 0.3) is 0 Å².